The lowest BCUT2D eigenvalue weighted by atomic mass is 10.1. The van der Waals surface area contributed by atoms with Gasteiger partial charge < -0.3 is 4.90 Å². The van der Waals surface area contributed by atoms with Crippen molar-refractivity contribution in [1.82, 2.24) is 0 Å². The Hall–Kier alpha value is -1.56. The van der Waals surface area contributed by atoms with Crippen LogP contribution in [0.4, 0.5) is 10.1 Å². The lowest BCUT2D eigenvalue weighted by molar-refractivity contribution is 0.584. The van der Waals surface area contributed by atoms with Crippen LogP contribution in [0.5, 0.6) is 0 Å². The summed E-state index contributed by atoms with van der Waals surface area (Å²) in [6, 6.07) is 6.35. The Balaban J connectivity index is 2.83. The molecule has 0 saturated heterocycles. The first kappa shape index (κ1) is 12.5. The maximum Gasteiger partial charge on any atom is 0.124 e. The van der Waals surface area contributed by atoms with Gasteiger partial charge in [0.15, 0.2) is 0 Å². The van der Waals surface area contributed by atoms with E-state index in [1.165, 1.54) is 12.1 Å². The highest BCUT2D eigenvalue weighted by atomic mass is 19.1. The fourth-order valence-electron chi connectivity index (χ4n) is 1.50. The predicted octanol–water partition coefficient (Wildman–Crippen LogP) is 3.18. The Bertz CT molecular complexity index is 393. The fourth-order valence-corrected chi connectivity index (χ4v) is 1.50. The first-order valence-electron chi connectivity index (χ1n) is 5.45. The molecular weight excluding hydrogens is 203 g/mol. The number of rotatable bonds is 4. The minimum absolute atomic E-state index is 0.363. The number of nitrogens with zero attached hydrogens (tertiary/aromatic N) is 2. The number of benzene rings is 1. The Morgan fingerprint density at radius 2 is 2.12 bits per heavy atom. The van der Waals surface area contributed by atoms with Crippen molar-refractivity contribution in [3.05, 3.63) is 29.6 Å². The summed E-state index contributed by atoms with van der Waals surface area (Å²) in [5, 5.41) is 8.93. The summed E-state index contributed by atoms with van der Waals surface area (Å²) in [4.78, 5) is 2.00. The molecule has 0 aliphatic rings. The Morgan fingerprint density at radius 1 is 1.44 bits per heavy atom. The molecule has 0 bridgehead atoms. The second-order valence-electron chi connectivity index (χ2n) is 4.38. The standard InChI is InChI=1S/C13H17FN2/c1-10(2)6-7-16(3)13-5-4-12(14)8-11(13)9-15/h4-5,8,10H,6-7H2,1-3H3. The molecule has 0 heterocycles. The van der Waals surface area contributed by atoms with Crippen LogP contribution in [0.2, 0.25) is 0 Å². The van der Waals surface area contributed by atoms with E-state index in [1.54, 1.807) is 6.07 Å². The van der Waals surface area contributed by atoms with E-state index in [9.17, 15) is 4.39 Å². The zero-order valence-corrected chi connectivity index (χ0v) is 10.00. The molecule has 0 atom stereocenters. The Labute approximate surface area is 96.3 Å². The van der Waals surface area contributed by atoms with Gasteiger partial charge in [-0.15, -0.1) is 0 Å². The highest BCUT2D eigenvalue weighted by Gasteiger charge is 2.08. The molecule has 0 aliphatic carbocycles. The summed E-state index contributed by atoms with van der Waals surface area (Å²) >= 11 is 0. The van der Waals surface area contributed by atoms with Crippen LogP contribution in [0.15, 0.2) is 18.2 Å². The summed E-state index contributed by atoms with van der Waals surface area (Å²) in [5.41, 5.74) is 1.19. The maximum atomic E-state index is 12.9. The molecule has 0 N–H and O–H groups in total. The van der Waals surface area contributed by atoms with E-state index in [2.05, 4.69) is 13.8 Å². The first-order valence-corrected chi connectivity index (χ1v) is 5.45. The monoisotopic (exact) mass is 220 g/mol. The average Bonchev–Trinajstić information content (AvgIpc) is 2.25. The Kier molecular flexibility index (Phi) is 4.30. The lowest BCUT2D eigenvalue weighted by Crippen LogP contribution is -2.20. The van der Waals surface area contributed by atoms with E-state index in [0.29, 0.717) is 11.5 Å². The van der Waals surface area contributed by atoms with Crippen molar-refractivity contribution in [3.8, 4) is 6.07 Å². The van der Waals surface area contributed by atoms with E-state index in [-0.39, 0.29) is 5.82 Å². The van der Waals surface area contributed by atoms with Crippen molar-refractivity contribution >= 4 is 5.69 Å². The van der Waals surface area contributed by atoms with Crippen LogP contribution in [0, 0.1) is 23.1 Å². The molecular formula is C13H17FN2. The van der Waals surface area contributed by atoms with Crippen LogP contribution in [-0.4, -0.2) is 13.6 Å². The summed E-state index contributed by atoms with van der Waals surface area (Å²) in [6.07, 6.45) is 1.05. The number of halogens is 1. The largest absolute Gasteiger partial charge is 0.374 e. The molecule has 0 saturated carbocycles. The first-order chi connectivity index (χ1) is 7.54. The van der Waals surface area contributed by atoms with Gasteiger partial charge >= 0.3 is 0 Å². The van der Waals surface area contributed by atoms with Gasteiger partial charge in [0.2, 0.25) is 0 Å². The zero-order chi connectivity index (χ0) is 12.1. The van der Waals surface area contributed by atoms with Crippen LogP contribution in [-0.2, 0) is 0 Å². The molecule has 0 spiro atoms. The zero-order valence-electron chi connectivity index (χ0n) is 10.00. The summed E-state index contributed by atoms with van der Waals surface area (Å²) < 4.78 is 12.9. The number of nitriles is 1. The Morgan fingerprint density at radius 3 is 2.69 bits per heavy atom. The SMILES string of the molecule is CC(C)CCN(C)c1ccc(F)cc1C#N. The molecule has 0 aliphatic heterocycles. The second kappa shape index (κ2) is 5.50. The van der Waals surface area contributed by atoms with Gasteiger partial charge in [0.1, 0.15) is 11.9 Å². The van der Waals surface area contributed by atoms with Crippen molar-refractivity contribution in [2.45, 2.75) is 20.3 Å². The molecule has 0 radical (unpaired) electrons. The predicted molar refractivity (Wildman–Crippen MR) is 63.8 cm³/mol. The van der Waals surface area contributed by atoms with E-state index in [4.69, 9.17) is 5.26 Å². The molecule has 0 amide bonds. The molecule has 1 aromatic rings. The van der Waals surface area contributed by atoms with Crippen LogP contribution < -0.4 is 4.90 Å². The quantitative estimate of drug-likeness (QED) is 0.779. The number of anilines is 1. The van der Waals surface area contributed by atoms with Crippen LogP contribution in [0.1, 0.15) is 25.8 Å². The van der Waals surface area contributed by atoms with Crippen LogP contribution >= 0.6 is 0 Å². The second-order valence-corrected chi connectivity index (χ2v) is 4.38. The smallest absolute Gasteiger partial charge is 0.124 e. The van der Waals surface area contributed by atoms with Gasteiger partial charge in [-0.2, -0.15) is 5.26 Å². The average molecular weight is 220 g/mol. The molecule has 86 valence electrons. The highest BCUT2D eigenvalue weighted by Crippen LogP contribution is 2.20. The van der Waals surface area contributed by atoms with Crippen LogP contribution in [0.25, 0.3) is 0 Å². The van der Waals surface area contributed by atoms with Gasteiger partial charge in [-0.3, -0.25) is 0 Å². The van der Waals surface area contributed by atoms with E-state index in [1.807, 2.05) is 18.0 Å². The number of hydrogen-bond donors (Lipinski definition) is 0. The molecule has 1 rings (SSSR count). The molecule has 0 unspecified atom stereocenters. The van der Waals surface area contributed by atoms with Gasteiger partial charge in [0, 0.05) is 13.6 Å². The third-order valence-electron chi connectivity index (χ3n) is 2.53. The minimum atomic E-state index is -0.363. The van der Waals surface area contributed by atoms with E-state index in [0.717, 1.165) is 18.7 Å². The third kappa shape index (κ3) is 3.23. The summed E-state index contributed by atoms with van der Waals surface area (Å²) in [5.74, 6) is 0.256. The summed E-state index contributed by atoms with van der Waals surface area (Å²) in [7, 11) is 1.93. The fraction of sp³-hybridized carbons (Fsp3) is 0.462. The topological polar surface area (TPSA) is 27.0 Å². The van der Waals surface area contributed by atoms with Crippen molar-refractivity contribution < 1.29 is 4.39 Å². The highest BCUT2D eigenvalue weighted by molar-refractivity contribution is 5.58. The van der Waals surface area contributed by atoms with Crippen molar-refractivity contribution in [3.63, 3.8) is 0 Å². The van der Waals surface area contributed by atoms with Gasteiger partial charge in [-0.05, 0) is 30.5 Å². The maximum absolute atomic E-state index is 12.9. The van der Waals surface area contributed by atoms with Crippen molar-refractivity contribution in [1.29, 1.82) is 5.26 Å². The minimum Gasteiger partial charge on any atom is -0.374 e. The lowest BCUT2D eigenvalue weighted by Gasteiger charge is -2.21. The van der Waals surface area contributed by atoms with Crippen LogP contribution in [0.3, 0.4) is 0 Å². The van der Waals surface area contributed by atoms with Gasteiger partial charge in [-0.25, -0.2) is 4.39 Å². The van der Waals surface area contributed by atoms with Gasteiger partial charge in [-0.1, -0.05) is 13.8 Å². The molecule has 1 aromatic carbocycles. The molecule has 2 nitrogen and oxygen atoms in total. The number of hydrogen-bond acceptors (Lipinski definition) is 2. The van der Waals surface area contributed by atoms with Crippen molar-refractivity contribution in [2.24, 2.45) is 5.92 Å². The molecule has 3 heteroatoms. The molecule has 0 aromatic heterocycles. The van der Waals surface area contributed by atoms with Crippen molar-refractivity contribution in [2.75, 3.05) is 18.5 Å². The third-order valence-corrected chi connectivity index (χ3v) is 2.53. The van der Waals surface area contributed by atoms with E-state index >= 15 is 0 Å². The normalized spacial score (nSPS) is 10.2. The molecule has 16 heavy (non-hydrogen) atoms. The van der Waals surface area contributed by atoms with Gasteiger partial charge in [0.05, 0.1) is 11.3 Å². The molecule has 0 fully saturated rings. The summed E-state index contributed by atoms with van der Waals surface area (Å²) in [6.45, 7) is 5.19. The van der Waals surface area contributed by atoms with E-state index < -0.39 is 0 Å². The van der Waals surface area contributed by atoms with Gasteiger partial charge in [0.25, 0.3) is 0 Å².